The lowest BCUT2D eigenvalue weighted by Crippen LogP contribution is -2.14. The van der Waals surface area contributed by atoms with Crippen molar-refractivity contribution in [3.05, 3.63) is 27.6 Å². The second-order valence-electron chi connectivity index (χ2n) is 3.85. The van der Waals surface area contributed by atoms with E-state index in [1.165, 1.54) is 22.7 Å². The van der Waals surface area contributed by atoms with Crippen molar-refractivity contribution >= 4 is 44.7 Å². The number of ether oxygens (including phenoxy) is 1. The number of aromatic nitrogens is 1. The first-order valence-electron chi connectivity index (χ1n) is 5.81. The third kappa shape index (κ3) is 3.14. The van der Waals surface area contributed by atoms with Gasteiger partial charge in [-0.05, 0) is 19.9 Å². The summed E-state index contributed by atoms with van der Waals surface area (Å²) >= 11 is 2.49. The molecule has 8 heteroatoms. The van der Waals surface area contributed by atoms with E-state index in [2.05, 4.69) is 10.3 Å². The van der Waals surface area contributed by atoms with Gasteiger partial charge in [-0.25, -0.2) is 9.78 Å². The molecule has 0 spiro atoms. The Morgan fingerprint density at radius 3 is 2.85 bits per heavy atom. The average molecular weight is 311 g/mol. The van der Waals surface area contributed by atoms with E-state index in [0.717, 1.165) is 4.88 Å². The molecule has 0 bridgehead atoms. The van der Waals surface area contributed by atoms with Crippen molar-refractivity contribution in [1.82, 2.24) is 4.98 Å². The summed E-state index contributed by atoms with van der Waals surface area (Å²) in [7, 11) is 0. The number of hydrogen-bond donors (Lipinski definition) is 2. The van der Waals surface area contributed by atoms with Gasteiger partial charge >= 0.3 is 5.97 Å². The molecule has 2 rings (SSSR count). The van der Waals surface area contributed by atoms with E-state index in [9.17, 15) is 9.59 Å². The monoisotopic (exact) mass is 311 g/mol. The molecule has 20 heavy (non-hydrogen) atoms. The van der Waals surface area contributed by atoms with Gasteiger partial charge in [0.15, 0.2) is 5.13 Å². The van der Waals surface area contributed by atoms with Gasteiger partial charge in [0.25, 0.3) is 5.91 Å². The van der Waals surface area contributed by atoms with E-state index in [-0.39, 0.29) is 12.3 Å². The molecule has 3 N–H and O–H groups in total. The zero-order valence-electron chi connectivity index (χ0n) is 10.9. The quantitative estimate of drug-likeness (QED) is 0.846. The molecular formula is C12H13N3O3S2. The van der Waals surface area contributed by atoms with Gasteiger partial charge in [-0.3, -0.25) is 4.79 Å². The Hall–Kier alpha value is -1.93. The smallest absolute Gasteiger partial charge is 0.341 e. The number of thiazole rings is 1. The largest absolute Gasteiger partial charge is 0.462 e. The topological polar surface area (TPSA) is 94.3 Å². The predicted octanol–water partition coefficient (Wildman–Crippen LogP) is 2.52. The van der Waals surface area contributed by atoms with Gasteiger partial charge in [-0.2, -0.15) is 0 Å². The van der Waals surface area contributed by atoms with Crippen LogP contribution < -0.4 is 11.1 Å². The molecule has 2 aromatic heterocycles. The Labute approximate surface area is 123 Å². The lowest BCUT2D eigenvalue weighted by atomic mass is 10.3. The molecule has 0 aliphatic heterocycles. The van der Waals surface area contributed by atoms with Crippen LogP contribution in [0, 0.1) is 6.92 Å². The van der Waals surface area contributed by atoms with Crippen LogP contribution in [-0.2, 0) is 4.74 Å². The molecule has 6 nitrogen and oxygen atoms in total. The Morgan fingerprint density at radius 1 is 1.50 bits per heavy atom. The number of hydrogen-bond acceptors (Lipinski definition) is 7. The number of esters is 1. The number of nitrogens with two attached hydrogens (primary N) is 1. The molecule has 0 saturated heterocycles. The standard InChI is InChI=1S/C12H13N3O3S2/c1-3-18-11(17)7-4-6(2)20-10(7)15-9(16)8-5-19-12(13)14-8/h4-5H,3H2,1-2H3,(H2,13,14)(H,15,16). The molecule has 0 aliphatic carbocycles. The number of carbonyl (C=O) groups is 2. The van der Waals surface area contributed by atoms with Crippen molar-refractivity contribution in [2.24, 2.45) is 0 Å². The molecule has 2 heterocycles. The van der Waals surface area contributed by atoms with Crippen LogP contribution in [0.25, 0.3) is 0 Å². The van der Waals surface area contributed by atoms with Gasteiger partial charge in [-0.15, -0.1) is 22.7 Å². The summed E-state index contributed by atoms with van der Waals surface area (Å²) in [6, 6.07) is 1.69. The van der Waals surface area contributed by atoms with Crippen molar-refractivity contribution < 1.29 is 14.3 Å². The van der Waals surface area contributed by atoms with Gasteiger partial charge in [0.1, 0.15) is 10.7 Å². The summed E-state index contributed by atoms with van der Waals surface area (Å²) in [5.74, 6) is -0.852. The fourth-order valence-corrected chi connectivity index (χ4v) is 2.96. The van der Waals surface area contributed by atoms with Gasteiger partial charge in [0.2, 0.25) is 0 Å². The number of amides is 1. The molecule has 0 radical (unpaired) electrons. The van der Waals surface area contributed by atoms with Crippen molar-refractivity contribution in [2.45, 2.75) is 13.8 Å². The van der Waals surface area contributed by atoms with E-state index in [4.69, 9.17) is 10.5 Å². The summed E-state index contributed by atoms with van der Waals surface area (Å²) in [4.78, 5) is 28.6. The highest BCUT2D eigenvalue weighted by atomic mass is 32.1. The molecule has 0 aliphatic rings. The van der Waals surface area contributed by atoms with Gasteiger partial charge in [0, 0.05) is 10.3 Å². The molecular weight excluding hydrogens is 298 g/mol. The van der Waals surface area contributed by atoms with E-state index in [1.54, 1.807) is 18.4 Å². The second-order valence-corrected chi connectivity index (χ2v) is 5.99. The molecule has 0 aromatic carbocycles. The first kappa shape index (κ1) is 14.5. The molecule has 1 amide bonds. The van der Waals surface area contributed by atoms with Crippen molar-refractivity contribution in [3.8, 4) is 0 Å². The zero-order chi connectivity index (χ0) is 14.7. The van der Waals surface area contributed by atoms with E-state index < -0.39 is 11.9 Å². The van der Waals surface area contributed by atoms with Crippen molar-refractivity contribution in [3.63, 3.8) is 0 Å². The normalized spacial score (nSPS) is 10.3. The first-order valence-corrected chi connectivity index (χ1v) is 7.50. The van der Waals surface area contributed by atoms with Crippen LogP contribution in [0.3, 0.4) is 0 Å². The second kappa shape index (κ2) is 6.02. The number of nitrogens with zero attached hydrogens (tertiary/aromatic N) is 1. The summed E-state index contributed by atoms with van der Waals surface area (Å²) in [6.45, 7) is 3.86. The predicted molar refractivity (Wildman–Crippen MR) is 79.5 cm³/mol. The maximum absolute atomic E-state index is 12.0. The average Bonchev–Trinajstić information content (AvgIpc) is 2.96. The van der Waals surface area contributed by atoms with Crippen LogP contribution in [-0.4, -0.2) is 23.5 Å². The number of anilines is 2. The lowest BCUT2D eigenvalue weighted by Gasteiger charge is -2.04. The minimum Gasteiger partial charge on any atom is -0.462 e. The van der Waals surface area contributed by atoms with Gasteiger partial charge < -0.3 is 15.8 Å². The summed E-state index contributed by atoms with van der Waals surface area (Å²) in [5, 5.41) is 5.01. The summed E-state index contributed by atoms with van der Waals surface area (Å²) in [6.07, 6.45) is 0. The first-order chi connectivity index (χ1) is 9.51. The fourth-order valence-electron chi connectivity index (χ4n) is 1.53. The zero-order valence-corrected chi connectivity index (χ0v) is 12.6. The number of nitrogen functional groups attached to an aromatic ring is 1. The minimum absolute atomic E-state index is 0.230. The third-order valence-electron chi connectivity index (χ3n) is 2.33. The molecule has 106 valence electrons. The minimum atomic E-state index is -0.454. The highest BCUT2D eigenvalue weighted by Gasteiger charge is 2.19. The number of nitrogens with one attached hydrogen (secondary N) is 1. The Morgan fingerprint density at radius 2 is 2.25 bits per heavy atom. The van der Waals surface area contributed by atoms with Gasteiger partial charge in [-0.1, -0.05) is 0 Å². The van der Waals surface area contributed by atoms with Crippen molar-refractivity contribution in [1.29, 1.82) is 0 Å². The van der Waals surface area contributed by atoms with E-state index in [0.29, 0.717) is 15.7 Å². The maximum Gasteiger partial charge on any atom is 0.341 e. The van der Waals surface area contributed by atoms with Crippen LogP contribution in [0.4, 0.5) is 10.1 Å². The summed E-state index contributed by atoms with van der Waals surface area (Å²) < 4.78 is 4.96. The number of thiophene rings is 1. The van der Waals surface area contributed by atoms with Gasteiger partial charge in [0.05, 0.1) is 12.2 Å². The van der Waals surface area contributed by atoms with Crippen LogP contribution in [0.5, 0.6) is 0 Å². The molecule has 0 atom stereocenters. The Kier molecular flexibility index (Phi) is 4.35. The van der Waals surface area contributed by atoms with Crippen LogP contribution in [0.1, 0.15) is 32.6 Å². The van der Waals surface area contributed by atoms with E-state index in [1.807, 2.05) is 6.92 Å². The van der Waals surface area contributed by atoms with Crippen molar-refractivity contribution in [2.75, 3.05) is 17.7 Å². The SMILES string of the molecule is CCOC(=O)c1cc(C)sc1NC(=O)c1csc(N)n1. The number of carbonyl (C=O) groups excluding carboxylic acids is 2. The maximum atomic E-state index is 12.0. The highest BCUT2D eigenvalue weighted by Crippen LogP contribution is 2.29. The lowest BCUT2D eigenvalue weighted by molar-refractivity contribution is 0.0528. The van der Waals surface area contributed by atoms with Crippen LogP contribution in [0.15, 0.2) is 11.4 Å². The Balaban J connectivity index is 2.21. The third-order valence-corrected chi connectivity index (χ3v) is 3.97. The fraction of sp³-hybridized carbons (Fsp3) is 0.250. The number of aryl methyl sites for hydroxylation is 1. The molecule has 0 fully saturated rings. The molecule has 0 unspecified atom stereocenters. The van der Waals surface area contributed by atoms with Crippen LogP contribution >= 0.6 is 22.7 Å². The summed E-state index contributed by atoms with van der Waals surface area (Å²) in [5.41, 5.74) is 6.07. The Bertz CT molecular complexity index is 648. The molecule has 0 saturated carbocycles. The van der Waals surface area contributed by atoms with E-state index >= 15 is 0 Å². The highest BCUT2D eigenvalue weighted by molar-refractivity contribution is 7.16. The number of rotatable bonds is 4. The van der Waals surface area contributed by atoms with Crippen LogP contribution in [0.2, 0.25) is 0 Å². The molecule has 2 aromatic rings.